The number of rotatable bonds is 4. The van der Waals surface area contributed by atoms with E-state index in [2.05, 4.69) is 25.7 Å². The van der Waals surface area contributed by atoms with Crippen LogP contribution in [0.15, 0.2) is 29.2 Å². The highest BCUT2D eigenvalue weighted by Gasteiger charge is 2.07. The normalized spacial score (nSPS) is 11.0. The Balaban J connectivity index is 0.000000360. The Labute approximate surface area is 115 Å². The van der Waals surface area contributed by atoms with Gasteiger partial charge in [-0.05, 0) is 38.7 Å². The monoisotopic (exact) mass is 291 g/mol. The SMILES string of the molecule is CCN(CC)CC.Cc1ccc(S(=O)(=O)Cl)cc1. The van der Waals surface area contributed by atoms with Crippen molar-refractivity contribution in [3.8, 4) is 0 Å². The van der Waals surface area contributed by atoms with Crippen molar-refractivity contribution >= 4 is 19.7 Å². The van der Waals surface area contributed by atoms with Crippen molar-refractivity contribution in [1.82, 2.24) is 4.90 Å². The molecule has 0 fully saturated rings. The van der Waals surface area contributed by atoms with Gasteiger partial charge in [-0.15, -0.1) is 0 Å². The first-order chi connectivity index (χ1) is 8.35. The average Bonchev–Trinajstić information content (AvgIpc) is 2.31. The Morgan fingerprint density at radius 3 is 1.61 bits per heavy atom. The third kappa shape index (κ3) is 6.99. The summed E-state index contributed by atoms with van der Waals surface area (Å²) in [5.41, 5.74) is 1.01. The molecule has 0 aliphatic carbocycles. The summed E-state index contributed by atoms with van der Waals surface area (Å²) in [6, 6.07) is 6.37. The third-order valence-corrected chi connectivity index (χ3v) is 4.01. The molecule has 5 heteroatoms. The van der Waals surface area contributed by atoms with Crippen LogP contribution in [0, 0.1) is 6.92 Å². The molecule has 0 saturated carbocycles. The molecule has 0 saturated heterocycles. The predicted octanol–water partition coefficient (Wildman–Crippen LogP) is 3.27. The lowest BCUT2D eigenvalue weighted by Gasteiger charge is -2.13. The summed E-state index contributed by atoms with van der Waals surface area (Å²) in [4.78, 5) is 2.52. The van der Waals surface area contributed by atoms with Crippen molar-refractivity contribution in [2.75, 3.05) is 19.6 Å². The maximum Gasteiger partial charge on any atom is 0.261 e. The third-order valence-electron chi connectivity index (χ3n) is 2.64. The number of nitrogens with zero attached hydrogens (tertiary/aromatic N) is 1. The van der Waals surface area contributed by atoms with Gasteiger partial charge in [-0.1, -0.05) is 38.5 Å². The summed E-state index contributed by atoms with van der Waals surface area (Å²) in [6.07, 6.45) is 0. The van der Waals surface area contributed by atoms with Crippen LogP contribution in [-0.2, 0) is 9.05 Å². The van der Waals surface area contributed by atoms with Gasteiger partial charge in [0.2, 0.25) is 0 Å². The second-order valence-corrected chi connectivity index (χ2v) is 6.44. The van der Waals surface area contributed by atoms with Crippen LogP contribution in [0.4, 0.5) is 0 Å². The molecule has 0 heterocycles. The maximum atomic E-state index is 10.7. The molecule has 0 aliphatic heterocycles. The van der Waals surface area contributed by atoms with E-state index in [1.807, 2.05) is 6.92 Å². The molecule has 0 atom stereocenters. The zero-order chi connectivity index (χ0) is 14.2. The number of halogens is 1. The predicted molar refractivity (Wildman–Crippen MR) is 77.7 cm³/mol. The maximum absolute atomic E-state index is 10.7. The van der Waals surface area contributed by atoms with Gasteiger partial charge in [0.05, 0.1) is 4.90 Å². The molecule has 0 unspecified atom stereocenters. The fourth-order valence-electron chi connectivity index (χ4n) is 1.37. The quantitative estimate of drug-likeness (QED) is 0.799. The molecule has 0 aliphatic rings. The summed E-state index contributed by atoms with van der Waals surface area (Å²) in [6.45, 7) is 12.0. The van der Waals surface area contributed by atoms with Gasteiger partial charge < -0.3 is 4.90 Å². The van der Waals surface area contributed by atoms with Crippen LogP contribution in [-0.4, -0.2) is 33.0 Å². The summed E-state index contributed by atoms with van der Waals surface area (Å²) < 4.78 is 21.4. The standard InChI is InChI=1S/C7H7ClO2S.C6H15N/c1-6-2-4-7(5-3-6)11(8,9)10;1-4-7(5-2)6-3/h2-5H,1H3;4-6H2,1-3H3. The first-order valence-corrected chi connectivity index (χ1v) is 8.39. The van der Waals surface area contributed by atoms with E-state index < -0.39 is 9.05 Å². The molecule has 0 bridgehead atoms. The van der Waals surface area contributed by atoms with Crippen molar-refractivity contribution in [2.45, 2.75) is 32.6 Å². The largest absolute Gasteiger partial charge is 0.304 e. The van der Waals surface area contributed by atoms with Crippen LogP contribution in [0.2, 0.25) is 0 Å². The first-order valence-electron chi connectivity index (χ1n) is 6.08. The highest BCUT2D eigenvalue weighted by molar-refractivity contribution is 8.13. The second-order valence-electron chi connectivity index (χ2n) is 3.87. The Bertz CT molecular complexity index is 419. The van der Waals surface area contributed by atoms with E-state index >= 15 is 0 Å². The van der Waals surface area contributed by atoms with Gasteiger partial charge in [-0.25, -0.2) is 8.42 Å². The lowest BCUT2D eigenvalue weighted by atomic mass is 10.2. The van der Waals surface area contributed by atoms with Gasteiger partial charge in [-0.2, -0.15) is 0 Å². The van der Waals surface area contributed by atoms with E-state index in [-0.39, 0.29) is 4.90 Å². The van der Waals surface area contributed by atoms with Crippen LogP contribution in [0.3, 0.4) is 0 Å². The molecule has 0 aromatic heterocycles. The minimum Gasteiger partial charge on any atom is -0.304 e. The van der Waals surface area contributed by atoms with Crippen molar-refractivity contribution in [2.24, 2.45) is 0 Å². The van der Waals surface area contributed by atoms with Crippen LogP contribution in [0.1, 0.15) is 26.3 Å². The van der Waals surface area contributed by atoms with Crippen LogP contribution >= 0.6 is 10.7 Å². The number of benzene rings is 1. The highest BCUT2D eigenvalue weighted by atomic mass is 35.7. The molecular formula is C13H22ClNO2S. The molecule has 1 aromatic rings. The lowest BCUT2D eigenvalue weighted by molar-refractivity contribution is 0.321. The van der Waals surface area contributed by atoms with Gasteiger partial charge in [0, 0.05) is 10.7 Å². The van der Waals surface area contributed by atoms with Crippen molar-refractivity contribution in [3.63, 3.8) is 0 Å². The molecule has 0 radical (unpaired) electrons. The lowest BCUT2D eigenvalue weighted by Crippen LogP contribution is -2.21. The van der Waals surface area contributed by atoms with E-state index in [0.29, 0.717) is 0 Å². The molecule has 0 amide bonds. The van der Waals surface area contributed by atoms with Gasteiger partial charge in [0.25, 0.3) is 9.05 Å². The molecule has 1 aromatic carbocycles. The summed E-state index contributed by atoms with van der Waals surface area (Å²) in [5.74, 6) is 0. The molecule has 18 heavy (non-hydrogen) atoms. The summed E-state index contributed by atoms with van der Waals surface area (Å²) >= 11 is 0. The Kier molecular flexibility index (Phi) is 8.24. The van der Waals surface area contributed by atoms with Gasteiger partial charge in [0.15, 0.2) is 0 Å². The minimum absolute atomic E-state index is 0.143. The Morgan fingerprint density at radius 1 is 1.00 bits per heavy atom. The van der Waals surface area contributed by atoms with Crippen LogP contribution < -0.4 is 0 Å². The zero-order valence-electron chi connectivity index (χ0n) is 11.5. The average molecular weight is 292 g/mol. The molecule has 1 rings (SSSR count). The highest BCUT2D eigenvalue weighted by Crippen LogP contribution is 2.14. The summed E-state index contributed by atoms with van der Waals surface area (Å²) in [5, 5.41) is 0. The van der Waals surface area contributed by atoms with Crippen LogP contribution in [0.5, 0.6) is 0 Å². The fourth-order valence-corrected chi connectivity index (χ4v) is 2.14. The van der Waals surface area contributed by atoms with Gasteiger partial charge in [0.1, 0.15) is 0 Å². The van der Waals surface area contributed by atoms with Crippen molar-refractivity contribution in [1.29, 1.82) is 0 Å². The smallest absolute Gasteiger partial charge is 0.261 e. The van der Waals surface area contributed by atoms with Gasteiger partial charge >= 0.3 is 0 Å². The first kappa shape index (κ1) is 17.4. The van der Waals surface area contributed by atoms with Gasteiger partial charge in [-0.3, -0.25) is 0 Å². The Hall–Kier alpha value is -0.580. The topological polar surface area (TPSA) is 37.4 Å². The van der Waals surface area contributed by atoms with E-state index in [1.54, 1.807) is 12.1 Å². The molecule has 0 spiro atoms. The van der Waals surface area contributed by atoms with E-state index in [1.165, 1.54) is 31.8 Å². The molecule has 0 N–H and O–H groups in total. The van der Waals surface area contributed by atoms with Crippen molar-refractivity contribution < 1.29 is 8.42 Å². The minimum atomic E-state index is -3.55. The van der Waals surface area contributed by atoms with E-state index in [9.17, 15) is 8.42 Å². The zero-order valence-corrected chi connectivity index (χ0v) is 13.1. The second kappa shape index (κ2) is 8.51. The number of aryl methyl sites for hydroxylation is 1. The van der Waals surface area contributed by atoms with E-state index in [0.717, 1.165) is 5.56 Å². The van der Waals surface area contributed by atoms with Crippen LogP contribution in [0.25, 0.3) is 0 Å². The number of hydrogen-bond acceptors (Lipinski definition) is 3. The Morgan fingerprint density at radius 2 is 1.39 bits per heavy atom. The fraction of sp³-hybridized carbons (Fsp3) is 0.538. The number of hydrogen-bond donors (Lipinski definition) is 0. The summed E-state index contributed by atoms with van der Waals surface area (Å²) in [7, 11) is 1.54. The molecule has 104 valence electrons. The molecular weight excluding hydrogens is 270 g/mol. The van der Waals surface area contributed by atoms with Crippen molar-refractivity contribution in [3.05, 3.63) is 29.8 Å². The van der Waals surface area contributed by atoms with E-state index in [4.69, 9.17) is 10.7 Å². The molecule has 3 nitrogen and oxygen atoms in total.